The number of hydrogen-bond acceptors (Lipinski definition) is 4. The molecule has 3 nitrogen and oxygen atoms in total. The van der Waals surface area contributed by atoms with Gasteiger partial charge in [0.2, 0.25) is 0 Å². The first-order chi connectivity index (χ1) is 12.2. The molecule has 128 valence electrons. The van der Waals surface area contributed by atoms with Gasteiger partial charge in [0.1, 0.15) is 17.1 Å². The Morgan fingerprint density at radius 1 is 1.20 bits per heavy atom. The van der Waals surface area contributed by atoms with Gasteiger partial charge in [0.15, 0.2) is 0 Å². The molecule has 2 aromatic rings. The van der Waals surface area contributed by atoms with E-state index in [0.717, 1.165) is 16.9 Å². The third-order valence-corrected chi connectivity index (χ3v) is 5.31. The Kier molecular flexibility index (Phi) is 5.89. The maximum absolute atomic E-state index is 12.4. The van der Waals surface area contributed by atoms with Crippen molar-refractivity contribution in [1.82, 2.24) is 4.90 Å². The van der Waals surface area contributed by atoms with Crippen molar-refractivity contribution in [2.24, 2.45) is 0 Å². The van der Waals surface area contributed by atoms with Crippen LogP contribution in [0.4, 0.5) is 0 Å². The van der Waals surface area contributed by atoms with Crippen LogP contribution in [0.15, 0.2) is 72.2 Å². The third kappa shape index (κ3) is 4.50. The van der Waals surface area contributed by atoms with Crippen molar-refractivity contribution in [1.29, 1.82) is 0 Å². The van der Waals surface area contributed by atoms with Crippen LogP contribution >= 0.6 is 24.4 Å². The maximum Gasteiger partial charge on any atom is 0.262 e. The quantitative estimate of drug-likeness (QED) is 0.459. The van der Waals surface area contributed by atoms with Crippen molar-refractivity contribution in [2.45, 2.75) is 11.3 Å². The van der Waals surface area contributed by atoms with E-state index in [-0.39, 0.29) is 10.6 Å². The van der Waals surface area contributed by atoms with Gasteiger partial charge in [-0.05, 0) is 29.3 Å². The van der Waals surface area contributed by atoms with E-state index < -0.39 is 0 Å². The zero-order valence-corrected chi connectivity index (χ0v) is 15.4. The summed E-state index contributed by atoms with van der Waals surface area (Å²) >= 11 is 5.90. The molecule has 0 radical (unpaired) electrons. The minimum atomic E-state index is -0.172. The molecule has 25 heavy (non-hydrogen) atoms. The van der Waals surface area contributed by atoms with E-state index in [9.17, 15) is 4.79 Å². The molecule has 1 unspecified atom stereocenters. The number of benzene rings is 2. The molecule has 0 N–H and O–H groups in total. The molecule has 0 spiro atoms. The second-order valence-corrected chi connectivity index (χ2v) is 7.51. The zero-order valence-electron chi connectivity index (χ0n) is 13.7. The van der Waals surface area contributed by atoms with Gasteiger partial charge >= 0.3 is 0 Å². The molecule has 5 heteroatoms. The molecular weight excluding hydrogens is 350 g/mol. The smallest absolute Gasteiger partial charge is 0.262 e. The van der Waals surface area contributed by atoms with Gasteiger partial charge in [-0.1, -0.05) is 60.3 Å². The Bertz CT molecular complexity index is 789. The van der Waals surface area contributed by atoms with E-state index >= 15 is 0 Å². The summed E-state index contributed by atoms with van der Waals surface area (Å²) < 4.78 is 5.67. The molecule has 1 heterocycles. The largest absolute Gasteiger partial charge is 0.489 e. The van der Waals surface area contributed by atoms with E-state index in [1.54, 1.807) is 11.0 Å². The summed E-state index contributed by atoms with van der Waals surface area (Å²) in [6.07, 6.45) is 3.59. The minimum absolute atomic E-state index is 0.0134. The number of amides is 1. The van der Waals surface area contributed by atoms with Crippen molar-refractivity contribution in [3.8, 4) is 5.75 Å². The highest BCUT2D eigenvalue weighted by Crippen LogP contribution is 2.38. The standard InChI is InChI=1S/C20H19NO2S2/c1-2-11-21-19(22)18(25-20(21)24)13-16-9-6-10-17(12-16)23-14-15-7-4-3-5-8-15/h2-10,12-13,20,24H,1,11,14H2/b18-13+. The van der Waals surface area contributed by atoms with Crippen LogP contribution in [-0.4, -0.2) is 22.1 Å². The van der Waals surface area contributed by atoms with Crippen LogP contribution in [0.3, 0.4) is 0 Å². The fourth-order valence-electron chi connectivity index (χ4n) is 2.46. The number of hydrogen-bond donors (Lipinski definition) is 1. The number of ether oxygens (including phenoxy) is 1. The summed E-state index contributed by atoms with van der Waals surface area (Å²) in [6.45, 7) is 4.70. The fourth-order valence-corrected chi connectivity index (χ4v) is 3.96. The lowest BCUT2D eigenvalue weighted by molar-refractivity contribution is -0.124. The van der Waals surface area contributed by atoms with Crippen LogP contribution in [0, 0.1) is 0 Å². The molecular formula is C20H19NO2S2. The van der Waals surface area contributed by atoms with Gasteiger partial charge < -0.3 is 9.64 Å². The average molecular weight is 370 g/mol. The summed E-state index contributed by atoms with van der Waals surface area (Å²) in [7, 11) is 0. The second kappa shape index (κ2) is 8.32. The van der Waals surface area contributed by atoms with Gasteiger partial charge in [-0.25, -0.2) is 0 Å². The number of thioether (sulfide) groups is 1. The first kappa shape index (κ1) is 17.7. The number of rotatable bonds is 6. The van der Waals surface area contributed by atoms with Gasteiger partial charge in [-0.15, -0.1) is 19.2 Å². The Morgan fingerprint density at radius 3 is 2.76 bits per heavy atom. The lowest BCUT2D eigenvalue weighted by Gasteiger charge is -2.16. The number of nitrogens with zero attached hydrogens (tertiary/aromatic N) is 1. The molecule has 0 saturated carbocycles. The van der Waals surface area contributed by atoms with Crippen LogP contribution in [0.1, 0.15) is 11.1 Å². The Morgan fingerprint density at radius 2 is 2.00 bits per heavy atom. The van der Waals surface area contributed by atoms with E-state index in [1.807, 2.05) is 60.7 Å². The van der Waals surface area contributed by atoms with Crippen LogP contribution in [0.2, 0.25) is 0 Å². The number of carbonyl (C=O) groups excluding carboxylic acids is 1. The summed E-state index contributed by atoms with van der Waals surface area (Å²) in [5, 5.41) is 0. The van der Waals surface area contributed by atoms with Crippen LogP contribution < -0.4 is 4.74 Å². The molecule has 1 amide bonds. The number of carbonyl (C=O) groups is 1. The van der Waals surface area contributed by atoms with E-state index in [4.69, 9.17) is 4.74 Å². The van der Waals surface area contributed by atoms with Crippen LogP contribution in [-0.2, 0) is 11.4 Å². The second-order valence-electron chi connectivity index (χ2n) is 5.55. The Balaban J connectivity index is 1.71. The predicted octanol–water partition coefficient (Wildman–Crippen LogP) is 4.58. The van der Waals surface area contributed by atoms with Gasteiger partial charge in [-0.2, -0.15) is 0 Å². The topological polar surface area (TPSA) is 29.5 Å². The Hall–Kier alpha value is -2.11. The van der Waals surface area contributed by atoms with Crippen LogP contribution in [0.5, 0.6) is 5.75 Å². The van der Waals surface area contributed by atoms with Crippen molar-refractivity contribution in [3.05, 3.63) is 83.3 Å². The number of thiol groups is 1. The maximum atomic E-state index is 12.4. The van der Waals surface area contributed by atoms with Crippen molar-refractivity contribution >= 4 is 36.4 Å². The highest BCUT2D eigenvalue weighted by atomic mass is 32.2. The van der Waals surface area contributed by atoms with Crippen molar-refractivity contribution < 1.29 is 9.53 Å². The monoisotopic (exact) mass is 369 g/mol. The molecule has 1 saturated heterocycles. The lowest BCUT2D eigenvalue weighted by Crippen LogP contribution is -2.29. The zero-order chi connectivity index (χ0) is 17.6. The van der Waals surface area contributed by atoms with Crippen molar-refractivity contribution in [2.75, 3.05) is 6.54 Å². The molecule has 3 rings (SSSR count). The van der Waals surface area contributed by atoms with Gasteiger partial charge in [0.05, 0.1) is 4.91 Å². The fraction of sp³-hybridized carbons (Fsp3) is 0.150. The minimum Gasteiger partial charge on any atom is -0.489 e. The first-order valence-corrected chi connectivity index (χ1v) is 9.32. The molecule has 1 aliphatic heterocycles. The molecule has 1 atom stereocenters. The molecule has 1 fully saturated rings. The summed E-state index contributed by atoms with van der Waals surface area (Å²) in [5.41, 5.74) is 2.05. The normalized spacial score (nSPS) is 18.6. The molecule has 0 bridgehead atoms. The first-order valence-electron chi connectivity index (χ1n) is 7.92. The van der Waals surface area contributed by atoms with Gasteiger partial charge in [-0.3, -0.25) is 4.79 Å². The third-order valence-electron chi connectivity index (χ3n) is 3.70. The van der Waals surface area contributed by atoms with Gasteiger partial charge in [0, 0.05) is 6.54 Å². The molecule has 2 aromatic carbocycles. The van der Waals surface area contributed by atoms with Crippen LogP contribution in [0.25, 0.3) is 6.08 Å². The van der Waals surface area contributed by atoms with Crippen molar-refractivity contribution in [3.63, 3.8) is 0 Å². The van der Waals surface area contributed by atoms with E-state index in [1.165, 1.54) is 11.8 Å². The lowest BCUT2D eigenvalue weighted by atomic mass is 10.2. The summed E-state index contributed by atoms with van der Waals surface area (Å²) in [5.74, 6) is 0.763. The highest BCUT2D eigenvalue weighted by molar-refractivity contribution is 8.14. The SMILES string of the molecule is C=CCN1C(=O)/C(=C\c2cccc(OCc3ccccc3)c2)SC1S. The summed E-state index contributed by atoms with van der Waals surface area (Å²) in [6, 6.07) is 17.8. The molecule has 1 aliphatic rings. The van der Waals surface area contributed by atoms with Gasteiger partial charge in [0.25, 0.3) is 5.91 Å². The molecule has 0 aliphatic carbocycles. The summed E-state index contributed by atoms with van der Waals surface area (Å²) in [4.78, 5) is 14.8. The average Bonchev–Trinajstić information content (AvgIpc) is 2.89. The molecule has 0 aromatic heterocycles. The van der Waals surface area contributed by atoms with E-state index in [2.05, 4.69) is 19.2 Å². The predicted molar refractivity (Wildman–Crippen MR) is 107 cm³/mol. The Labute approximate surface area is 157 Å². The van der Waals surface area contributed by atoms with E-state index in [0.29, 0.717) is 18.1 Å². The highest BCUT2D eigenvalue weighted by Gasteiger charge is 2.32.